The van der Waals surface area contributed by atoms with Crippen molar-refractivity contribution in [3.8, 4) is 11.5 Å². The molecule has 1 saturated heterocycles. The predicted molar refractivity (Wildman–Crippen MR) is 79.1 cm³/mol. The Labute approximate surface area is 141 Å². The van der Waals surface area contributed by atoms with Crippen molar-refractivity contribution in [2.24, 2.45) is 0 Å². The van der Waals surface area contributed by atoms with E-state index in [1.165, 1.54) is 23.1 Å². The fourth-order valence-electron chi connectivity index (χ4n) is 2.92. The van der Waals surface area contributed by atoms with Gasteiger partial charge in [0.05, 0.1) is 0 Å². The molecule has 2 N–H and O–H groups in total. The third-order valence-corrected chi connectivity index (χ3v) is 3.88. The number of nitrogens with one attached hydrogen (secondary N) is 1. The van der Waals surface area contributed by atoms with Crippen molar-refractivity contribution < 1.29 is 32.1 Å². The zero-order valence-electron chi connectivity index (χ0n) is 12.5. The van der Waals surface area contributed by atoms with Crippen LogP contribution in [-0.2, 0) is 0 Å². The normalized spacial score (nSPS) is 21.2. The maximum atomic E-state index is 14.4. The molecule has 3 rings (SSSR count). The SMILES string of the molecule is Cl.OCC(F)(F)[C@@H](c1cccc2c1OC(F)(F)O2)N1CCNCC1. The van der Waals surface area contributed by atoms with Gasteiger partial charge < -0.3 is 19.9 Å². The summed E-state index contributed by atoms with van der Waals surface area (Å²) in [5.74, 6) is -4.22. The molecule has 0 saturated carbocycles. The highest BCUT2D eigenvalue weighted by Crippen LogP contribution is 2.49. The molecule has 0 bridgehead atoms. The molecule has 24 heavy (non-hydrogen) atoms. The van der Waals surface area contributed by atoms with E-state index < -0.39 is 30.6 Å². The molecule has 1 atom stereocenters. The van der Waals surface area contributed by atoms with Gasteiger partial charge in [-0.3, -0.25) is 4.90 Å². The second kappa shape index (κ2) is 6.91. The molecule has 1 aromatic rings. The van der Waals surface area contributed by atoms with Crippen molar-refractivity contribution in [1.82, 2.24) is 10.2 Å². The maximum Gasteiger partial charge on any atom is 0.586 e. The van der Waals surface area contributed by atoms with E-state index in [1.807, 2.05) is 0 Å². The number of para-hydroxylation sites is 1. The minimum absolute atomic E-state index is 0. The standard InChI is InChI=1S/C14H16F4N2O3.ClH/c15-13(16,8-21)12(20-6-4-19-5-7-20)9-2-1-3-10-11(9)23-14(17,18)22-10;/h1-3,12,19,21H,4-8H2;1H/t12-;/m1./s1. The number of nitrogens with zero attached hydrogens (tertiary/aromatic N) is 1. The van der Waals surface area contributed by atoms with Gasteiger partial charge in [0.2, 0.25) is 0 Å². The molecule has 0 unspecified atom stereocenters. The summed E-state index contributed by atoms with van der Waals surface area (Å²) in [7, 11) is 0. The summed E-state index contributed by atoms with van der Waals surface area (Å²) >= 11 is 0. The minimum Gasteiger partial charge on any atom is -0.395 e. The lowest BCUT2D eigenvalue weighted by molar-refractivity contribution is -0.287. The first-order chi connectivity index (χ1) is 10.8. The Bertz CT molecular complexity index is 585. The minimum atomic E-state index is -3.89. The van der Waals surface area contributed by atoms with Gasteiger partial charge in [0.25, 0.3) is 5.92 Å². The summed E-state index contributed by atoms with van der Waals surface area (Å²) in [6.45, 7) is 0.159. The fraction of sp³-hybridized carbons (Fsp3) is 0.571. The van der Waals surface area contributed by atoms with Crippen molar-refractivity contribution in [3.05, 3.63) is 23.8 Å². The van der Waals surface area contributed by atoms with E-state index >= 15 is 0 Å². The van der Waals surface area contributed by atoms with Gasteiger partial charge >= 0.3 is 6.29 Å². The van der Waals surface area contributed by atoms with Crippen LogP contribution in [0.15, 0.2) is 18.2 Å². The number of rotatable bonds is 4. The van der Waals surface area contributed by atoms with Crippen LogP contribution in [0.3, 0.4) is 0 Å². The summed E-state index contributed by atoms with van der Waals surface area (Å²) in [6, 6.07) is 2.29. The molecule has 0 radical (unpaired) electrons. The van der Waals surface area contributed by atoms with E-state index in [0.717, 1.165) is 0 Å². The fourth-order valence-corrected chi connectivity index (χ4v) is 2.92. The number of halogens is 5. The average molecular weight is 373 g/mol. The smallest absolute Gasteiger partial charge is 0.395 e. The maximum absolute atomic E-state index is 14.4. The Morgan fingerprint density at radius 3 is 2.54 bits per heavy atom. The number of hydrogen-bond donors (Lipinski definition) is 2. The predicted octanol–water partition coefficient (Wildman–Crippen LogP) is 2.00. The van der Waals surface area contributed by atoms with Gasteiger partial charge in [-0.15, -0.1) is 21.2 Å². The number of benzene rings is 1. The molecule has 0 aromatic heterocycles. The lowest BCUT2D eigenvalue weighted by atomic mass is 9.97. The number of alkyl halides is 4. The molecule has 0 aliphatic carbocycles. The second-order valence-corrected chi connectivity index (χ2v) is 5.45. The highest BCUT2D eigenvalue weighted by molar-refractivity contribution is 5.85. The topological polar surface area (TPSA) is 54.0 Å². The molecule has 1 aromatic carbocycles. The highest BCUT2D eigenvalue weighted by atomic mass is 35.5. The van der Waals surface area contributed by atoms with Crippen molar-refractivity contribution in [1.29, 1.82) is 0 Å². The first-order valence-electron chi connectivity index (χ1n) is 7.16. The van der Waals surface area contributed by atoms with Crippen LogP contribution in [-0.4, -0.2) is 55.0 Å². The van der Waals surface area contributed by atoms with E-state index in [0.29, 0.717) is 26.2 Å². The van der Waals surface area contributed by atoms with Crippen LogP contribution in [0.1, 0.15) is 11.6 Å². The van der Waals surface area contributed by atoms with Crippen molar-refractivity contribution in [3.63, 3.8) is 0 Å². The molecule has 2 heterocycles. The first-order valence-corrected chi connectivity index (χ1v) is 7.16. The summed E-state index contributed by atoms with van der Waals surface area (Å²) in [5.41, 5.74) is -0.124. The van der Waals surface area contributed by atoms with Gasteiger partial charge in [-0.25, -0.2) is 8.78 Å². The molecule has 2 aliphatic rings. The number of fused-ring (bicyclic) bond motifs is 1. The summed E-state index contributed by atoms with van der Waals surface area (Å²) < 4.78 is 64.0. The van der Waals surface area contributed by atoms with Crippen molar-refractivity contribution >= 4 is 12.4 Å². The molecule has 2 aliphatic heterocycles. The molecule has 0 spiro atoms. The van der Waals surface area contributed by atoms with Crippen LogP contribution in [0, 0.1) is 0 Å². The van der Waals surface area contributed by atoms with E-state index in [9.17, 15) is 17.6 Å². The van der Waals surface area contributed by atoms with Crippen LogP contribution in [0.4, 0.5) is 17.6 Å². The van der Waals surface area contributed by atoms with Crippen LogP contribution < -0.4 is 14.8 Å². The molecule has 5 nitrogen and oxygen atoms in total. The van der Waals surface area contributed by atoms with Crippen LogP contribution in [0.5, 0.6) is 11.5 Å². The third-order valence-electron chi connectivity index (χ3n) is 3.88. The van der Waals surface area contributed by atoms with E-state index in [2.05, 4.69) is 14.8 Å². The summed E-state index contributed by atoms with van der Waals surface area (Å²) in [5, 5.41) is 12.1. The van der Waals surface area contributed by atoms with Crippen LogP contribution in [0.2, 0.25) is 0 Å². The largest absolute Gasteiger partial charge is 0.586 e. The molecule has 0 amide bonds. The van der Waals surface area contributed by atoms with Gasteiger partial charge in [0, 0.05) is 31.7 Å². The monoisotopic (exact) mass is 372 g/mol. The van der Waals surface area contributed by atoms with E-state index in [1.54, 1.807) is 0 Å². The quantitative estimate of drug-likeness (QED) is 0.792. The van der Waals surface area contributed by atoms with E-state index in [-0.39, 0.29) is 23.7 Å². The Morgan fingerprint density at radius 1 is 1.25 bits per heavy atom. The zero-order valence-corrected chi connectivity index (χ0v) is 13.3. The third kappa shape index (κ3) is 3.53. The number of ether oxygens (including phenoxy) is 2. The molecule has 1 fully saturated rings. The zero-order chi connectivity index (χ0) is 16.7. The van der Waals surface area contributed by atoms with Gasteiger partial charge in [0.1, 0.15) is 12.6 Å². The number of piperazine rings is 1. The Hall–Kier alpha value is -1.29. The van der Waals surface area contributed by atoms with Gasteiger partial charge in [-0.1, -0.05) is 12.1 Å². The van der Waals surface area contributed by atoms with Gasteiger partial charge in [0.15, 0.2) is 11.5 Å². The van der Waals surface area contributed by atoms with Crippen molar-refractivity contribution in [2.75, 3.05) is 32.8 Å². The lowest BCUT2D eigenvalue weighted by Gasteiger charge is -2.38. The van der Waals surface area contributed by atoms with Gasteiger partial charge in [-0.2, -0.15) is 0 Å². The van der Waals surface area contributed by atoms with E-state index in [4.69, 9.17) is 5.11 Å². The first kappa shape index (κ1) is 19.0. The summed E-state index contributed by atoms with van der Waals surface area (Å²) in [6.07, 6.45) is -3.89. The van der Waals surface area contributed by atoms with Gasteiger partial charge in [-0.05, 0) is 6.07 Å². The Balaban J connectivity index is 0.00000208. The number of hydrogen-bond acceptors (Lipinski definition) is 5. The molecular formula is C14H17ClF4N2O3. The average Bonchev–Trinajstić information content (AvgIpc) is 2.83. The molecule has 10 heteroatoms. The molecule has 136 valence electrons. The Morgan fingerprint density at radius 2 is 1.92 bits per heavy atom. The molecular weight excluding hydrogens is 356 g/mol. The van der Waals surface area contributed by atoms with Crippen LogP contribution >= 0.6 is 12.4 Å². The van der Waals surface area contributed by atoms with Crippen molar-refractivity contribution in [2.45, 2.75) is 18.3 Å². The highest BCUT2D eigenvalue weighted by Gasteiger charge is 2.50. The van der Waals surface area contributed by atoms with Crippen LogP contribution in [0.25, 0.3) is 0 Å². The Kier molecular flexibility index (Phi) is 5.48. The number of aliphatic hydroxyl groups excluding tert-OH is 1. The lowest BCUT2D eigenvalue weighted by Crippen LogP contribution is -2.51. The second-order valence-electron chi connectivity index (χ2n) is 5.45. The summed E-state index contributed by atoms with van der Waals surface area (Å²) in [4.78, 5) is 1.45. The number of aliphatic hydroxyl groups is 1.